The lowest BCUT2D eigenvalue weighted by atomic mass is 10.0. The molecule has 0 spiro atoms. The van der Waals surface area contributed by atoms with Crippen LogP contribution in [0.1, 0.15) is 29.8 Å². The minimum absolute atomic E-state index is 0.0124. The summed E-state index contributed by atoms with van der Waals surface area (Å²) in [5, 5.41) is 0. The van der Waals surface area contributed by atoms with Gasteiger partial charge < -0.3 is 0 Å². The van der Waals surface area contributed by atoms with Crippen LogP contribution >= 0.6 is 0 Å². The first-order valence-electron chi connectivity index (χ1n) is 6.17. The number of Topliss-reactive ketones (excluding diaryl/α,β-unsaturated/α-hetero) is 1. The molecule has 0 heterocycles. The Morgan fingerprint density at radius 2 is 1.83 bits per heavy atom. The van der Waals surface area contributed by atoms with Crippen molar-refractivity contribution >= 4 is 5.78 Å². The Kier molecular flexibility index (Phi) is 5.31. The van der Waals surface area contributed by atoms with Crippen LogP contribution in [0.25, 0.3) is 0 Å². The molecule has 1 rings (SSSR count). The van der Waals surface area contributed by atoms with E-state index in [1.54, 1.807) is 6.08 Å². The van der Waals surface area contributed by atoms with Crippen molar-refractivity contribution in [3.63, 3.8) is 0 Å². The quantitative estimate of drug-likeness (QED) is 0.420. The maximum atomic E-state index is 12.2. The van der Waals surface area contributed by atoms with Gasteiger partial charge in [0.1, 0.15) is 0 Å². The lowest BCUT2D eigenvalue weighted by molar-refractivity contribution is 0.103. The molecular formula is C17H20O. The summed E-state index contributed by atoms with van der Waals surface area (Å²) in [6.45, 7) is 9.90. The second-order valence-electron chi connectivity index (χ2n) is 4.65. The Morgan fingerprint density at radius 3 is 2.33 bits per heavy atom. The van der Waals surface area contributed by atoms with Crippen molar-refractivity contribution in [3.05, 3.63) is 71.8 Å². The summed E-state index contributed by atoms with van der Waals surface area (Å²) in [5.41, 5.74) is 2.47. The van der Waals surface area contributed by atoms with Gasteiger partial charge in [-0.2, -0.15) is 0 Å². The van der Waals surface area contributed by atoms with Gasteiger partial charge in [0.05, 0.1) is 0 Å². The highest BCUT2D eigenvalue weighted by Crippen LogP contribution is 2.11. The lowest BCUT2D eigenvalue weighted by Crippen LogP contribution is -2.01. The van der Waals surface area contributed by atoms with Crippen LogP contribution < -0.4 is 0 Å². The molecule has 1 aromatic carbocycles. The number of carbonyl (C=O) groups excluding carboxylic acids is 1. The van der Waals surface area contributed by atoms with E-state index in [1.165, 1.54) is 0 Å². The predicted octanol–water partition coefficient (Wildman–Crippen LogP) is 4.50. The zero-order valence-corrected chi connectivity index (χ0v) is 11.3. The number of allylic oxidation sites excluding steroid dienone is 5. The van der Waals surface area contributed by atoms with Gasteiger partial charge in [0.15, 0.2) is 5.78 Å². The number of carbonyl (C=O) groups is 1. The molecule has 0 unspecified atom stereocenters. The normalized spacial score (nSPS) is 12.1. The molecule has 0 bridgehead atoms. The number of aryl methyl sites for hydroxylation is 1. The van der Waals surface area contributed by atoms with E-state index < -0.39 is 0 Å². The fraction of sp³-hybridized carbons (Fsp3) is 0.235. The van der Waals surface area contributed by atoms with Crippen LogP contribution in [0.15, 0.2) is 60.7 Å². The van der Waals surface area contributed by atoms with Crippen molar-refractivity contribution in [3.8, 4) is 0 Å². The Balaban J connectivity index is 2.92. The number of benzene rings is 1. The molecule has 0 saturated carbocycles. The van der Waals surface area contributed by atoms with Gasteiger partial charge in [0.2, 0.25) is 0 Å². The average Bonchev–Trinajstić information content (AvgIpc) is 2.34. The van der Waals surface area contributed by atoms with E-state index >= 15 is 0 Å². The molecule has 1 nitrogen and oxygen atoms in total. The number of hydrogen-bond acceptors (Lipinski definition) is 1. The van der Waals surface area contributed by atoms with Crippen molar-refractivity contribution in [1.29, 1.82) is 0 Å². The van der Waals surface area contributed by atoms with Crippen LogP contribution in [-0.2, 0) is 0 Å². The van der Waals surface area contributed by atoms with E-state index in [4.69, 9.17) is 0 Å². The number of ketones is 1. The first-order valence-corrected chi connectivity index (χ1v) is 6.17. The molecule has 0 aromatic heterocycles. The van der Waals surface area contributed by atoms with Gasteiger partial charge in [0, 0.05) is 11.1 Å². The molecule has 1 heteroatoms. The van der Waals surface area contributed by atoms with E-state index in [2.05, 4.69) is 20.4 Å². The summed E-state index contributed by atoms with van der Waals surface area (Å²) in [6, 6.07) is 7.58. The Bertz CT molecular complexity index is 473. The fourth-order valence-electron chi connectivity index (χ4n) is 1.49. The second-order valence-corrected chi connectivity index (χ2v) is 4.65. The molecule has 18 heavy (non-hydrogen) atoms. The first-order chi connectivity index (χ1) is 8.54. The van der Waals surface area contributed by atoms with Crippen molar-refractivity contribution in [1.82, 2.24) is 0 Å². The minimum Gasteiger partial charge on any atom is -0.289 e. The highest BCUT2D eigenvalue weighted by molar-refractivity contribution is 6.10. The number of hydrogen-bond donors (Lipinski definition) is 0. The van der Waals surface area contributed by atoms with Crippen molar-refractivity contribution in [2.24, 2.45) is 5.92 Å². The van der Waals surface area contributed by atoms with Gasteiger partial charge in [-0.25, -0.2) is 0 Å². The summed E-state index contributed by atoms with van der Waals surface area (Å²) in [5.74, 6) is 0.486. The zero-order chi connectivity index (χ0) is 13.5. The van der Waals surface area contributed by atoms with Gasteiger partial charge in [-0.05, 0) is 12.8 Å². The topological polar surface area (TPSA) is 17.1 Å². The van der Waals surface area contributed by atoms with Gasteiger partial charge in [0.25, 0.3) is 0 Å². The summed E-state index contributed by atoms with van der Waals surface area (Å²) in [7, 11) is 0. The van der Waals surface area contributed by atoms with E-state index in [9.17, 15) is 4.79 Å². The Labute approximate surface area is 110 Å². The molecule has 0 amide bonds. The van der Waals surface area contributed by atoms with Crippen LogP contribution in [0.2, 0.25) is 0 Å². The first kappa shape index (κ1) is 14.2. The third-order valence-corrected chi connectivity index (χ3v) is 2.57. The Hall–Kier alpha value is -1.89. The lowest BCUT2D eigenvalue weighted by Gasteiger charge is -2.02. The molecule has 0 aliphatic heterocycles. The largest absolute Gasteiger partial charge is 0.289 e. The highest BCUT2D eigenvalue weighted by Gasteiger charge is 2.07. The second kappa shape index (κ2) is 6.75. The third kappa shape index (κ3) is 4.17. The molecular weight excluding hydrogens is 220 g/mol. The summed E-state index contributed by atoms with van der Waals surface area (Å²) in [6.07, 6.45) is 7.38. The molecule has 0 atom stereocenters. The molecule has 0 radical (unpaired) electrons. The highest BCUT2D eigenvalue weighted by atomic mass is 16.1. The summed E-state index contributed by atoms with van der Waals surface area (Å²) in [4.78, 5) is 12.2. The van der Waals surface area contributed by atoms with Crippen LogP contribution in [0.4, 0.5) is 0 Å². The van der Waals surface area contributed by atoms with E-state index in [-0.39, 0.29) is 5.78 Å². The van der Waals surface area contributed by atoms with E-state index in [0.29, 0.717) is 17.1 Å². The Morgan fingerprint density at radius 1 is 1.22 bits per heavy atom. The van der Waals surface area contributed by atoms with Crippen molar-refractivity contribution in [2.75, 3.05) is 0 Å². The summed E-state index contributed by atoms with van der Waals surface area (Å²) >= 11 is 0. The fourth-order valence-corrected chi connectivity index (χ4v) is 1.49. The molecule has 1 aromatic rings. The SMILES string of the molecule is C=C/C(=C\C=C/C(C)C)C(=O)c1ccc(C)cc1. The van der Waals surface area contributed by atoms with Gasteiger partial charge >= 0.3 is 0 Å². The molecule has 0 N–H and O–H groups in total. The maximum absolute atomic E-state index is 12.2. The van der Waals surface area contributed by atoms with Crippen molar-refractivity contribution < 1.29 is 4.79 Å². The van der Waals surface area contributed by atoms with Gasteiger partial charge in [-0.15, -0.1) is 0 Å². The molecule has 94 valence electrons. The van der Waals surface area contributed by atoms with E-state index in [1.807, 2.05) is 49.4 Å². The third-order valence-electron chi connectivity index (χ3n) is 2.57. The van der Waals surface area contributed by atoms with Gasteiger partial charge in [-0.1, -0.05) is 74.6 Å². The zero-order valence-electron chi connectivity index (χ0n) is 11.3. The average molecular weight is 240 g/mol. The van der Waals surface area contributed by atoms with Gasteiger partial charge in [-0.3, -0.25) is 4.79 Å². The maximum Gasteiger partial charge on any atom is 0.192 e. The monoisotopic (exact) mass is 240 g/mol. The minimum atomic E-state index is 0.0124. The molecule has 0 aliphatic rings. The molecule has 0 aliphatic carbocycles. The molecule has 0 saturated heterocycles. The smallest absolute Gasteiger partial charge is 0.192 e. The standard InChI is InChI=1S/C17H20O/c1-5-15(8-6-7-13(2)3)17(18)16-11-9-14(4)10-12-16/h5-13H,1H2,2-4H3/b7-6-,15-8+. The van der Waals surface area contributed by atoms with Crippen LogP contribution in [0.3, 0.4) is 0 Å². The van der Waals surface area contributed by atoms with Crippen LogP contribution in [-0.4, -0.2) is 5.78 Å². The van der Waals surface area contributed by atoms with Crippen LogP contribution in [0.5, 0.6) is 0 Å². The predicted molar refractivity (Wildman–Crippen MR) is 77.8 cm³/mol. The summed E-state index contributed by atoms with van der Waals surface area (Å²) < 4.78 is 0. The van der Waals surface area contributed by atoms with Crippen LogP contribution in [0, 0.1) is 12.8 Å². The molecule has 0 fully saturated rings. The van der Waals surface area contributed by atoms with Crippen molar-refractivity contribution in [2.45, 2.75) is 20.8 Å². The number of rotatable bonds is 5. The van der Waals surface area contributed by atoms with E-state index in [0.717, 1.165) is 5.56 Å².